The number of aromatic nitrogens is 1. The number of H-pyrrole nitrogens is 1. The lowest BCUT2D eigenvalue weighted by Crippen LogP contribution is -1.98. The predicted octanol–water partition coefficient (Wildman–Crippen LogP) is 4.58. The largest absolute Gasteiger partial charge is 0.420 e. The molecule has 0 radical (unpaired) electrons. The van der Waals surface area contributed by atoms with Crippen molar-refractivity contribution in [3.63, 3.8) is 0 Å². The molecule has 104 valence electrons. The van der Waals surface area contributed by atoms with Gasteiger partial charge in [0, 0.05) is 5.39 Å². The van der Waals surface area contributed by atoms with Gasteiger partial charge < -0.3 is 9.40 Å². The van der Waals surface area contributed by atoms with Gasteiger partial charge in [0.15, 0.2) is 5.58 Å². The summed E-state index contributed by atoms with van der Waals surface area (Å²) in [5.41, 5.74) is 2.20. The summed E-state index contributed by atoms with van der Waals surface area (Å²) in [5.74, 6) is 0. The van der Waals surface area contributed by atoms with Crippen LogP contribution in [0.5, 0.6) is 0 Å². The van der Waals surface area contributed by atoms with Gasteiger partial charge in [0.25, 0.3) is 0 Å². The van der Waals surface area contributed by atoms with Gasteiger partial charge in [0.2, 0.25) is 0 Å². The van der Waals surface area contributed by atoms with Crippen molar-refractivity contribution in [1.82, 2.24) is 4.98 Å². The first-order valence-corrected chi connectivity index (χ1v) is 7.18. The summed E-state index contributed by atoms with van der Waals surface area (Å²) in [7, 11) is 0. The molecule has 0 spiro atoms. The minimum atomic E-state index is -0.295. The van der Waals surface area contributed by atoms with Gasteiger partial charge in [-0.05, 0) is 22.9 Å². The lowest BCUT2D eigenvalue weighted by molar-refractivity contribution is 0.573. The molecule has 0 bridgehead atoms. The maximum atomic E-state index is 12.3. The van der Waals surface area contributed by atoms with E-state index in [0.29, 0.717) is 11.0 Å². The molecule has 3 nitrogen and oxygen atoms in total. The molecule has 0 saturated heterocycles. The standard InChI is InChI=1S/C19H11NO2/c21-19-14-8-4-3-7-13(14)17-18(22-19)16-12-6-2-1-5-11(12)9-10-15(16)20-17/h1-10,20H. The molecule has 0 aliphatic rings. The van der Waals surface area contributed by atoms with E-state index in [0.717, 1.165) is 32.6 Å². The highest BCUT2D eigenvalue weighted by atomic mass is 16.4. The van der Waals surface area contributed by atoms with Gasteiger partial charge in [0.1, 0.15) is 0 Å². The minimum absolute atomic E-state index is 0.295. The summed E-state index contributed by atoms with van der Waals surface area (Å²) < 4.78 is 5.65. The van der Waals surface area contributed by atoms with Crippen molar-refractivity contribution in [2.24, 2.45) is 0 Å². The number of benzene rings is 3. The maximum absolute atomic E-state index is 12.3. The number of fused-ring (bicyclic) bond motifs is 7. The topological polar surface area (TPSA) is 46.0 Å². The summed E-state index contributed by atoms with van der Waals surface area (Å²) in [4.78, 5) is 15.7. The van der Waals surface area contributed by atoms with Crippen molar-refractivity contribution in [3.05, 3.63) is 71.1 Å². The number of hydrogen-bond donors (Lipinski definition) is 1. The minimum Gasteiger partial charge on any atom is -0.420 e. The molecular weight excluding hydrogens is 274 g/mol. The van der Waals surface area contributed by atoms with Crippen molar-refractivity contribution in [3.8, 4) is 0 Å². The van der Waals surface area contributed by atoms with Crippen LogP contribution in [0.1, 0.15) is 0 Å². The summed E-state index contributed by atoms with van der Waals surface area (Å²) >= 11 is 0. The van der Waals surface area contributed by atoms with E-state index < -0.39 is 0 Å². The first-order chi connectivity index (χ1) is 10.8. The maximum Gasteiger partial charge on any atom is 0.344 e. The van der Waals surface area contributed by atoms with Gasteiger partial charge in [-0.2, -0.15) is 0 Å². The third-order valence-electron chi connectivity index (χ3n) is 4.25. The van der Waals surface area contributed by atoms with E-state index in [1.807, 2.05) is 36.4 Å². The van der Waals surface area contributed by atoms with Crippen LogP contribution in [0.4, 0.5) is 0 Å². The van der Waals surface area contributed by atoms with Gasteiger partial charge in [0.05, 0.1) is 21.8 Å². The average Bonchev–Trinajstić information content (AvgIpc) is 2.94. The Kier molecular flexibility index (Phi) is 2.09. The molecule has 0 atom stereocenters. The Morgan fingerprint density at radius 1 is 0.773 bits per heavy atom. The molecule has 5 rings (SSSR count). The highest BCUT2D eigenvalue weighted by Crippen LogP contribution is 2.34. The summed E-state index contributed by atoms with van der Waals surface area (Å²) in [6, 6.07) is 19.8. The Labute approximate surface area is 124 Å². The zero-order valence-electron chi connectivity index (χ0n) is 11.6. The fourth-order valence-electron chi connectivity index (χ4n) is 3.26. The highest BCUT2D eigenvalue weighted by Gasteiger charge is 2.14. The molecule has 0 fully saturated rings. The fraction of sp³-hybridized carbons (Fsp3) is 0. The number of hydrogen-bond acceptors (Lipinski definition) is 2. The normalized spacial score (nSPS) is 11.8. The Morgan fingerprint density at radius 2 is 1.50 bits per heavy atom. The molecule has 3 aromatic carbocycles. The average molecular weight is 285 g/mol. The van der Waals surface area contributed by atoms with Crippen LogP contribution < -0.4 is 5.63 Å². The van der Waals surface area contributed by atoms with Crippen LogP contribution in [0.3, 0.4) is 0 Å². The van der Waals surface area contributed by atoms with E-state index in [-0.39, 0.29) is 5.63 Å². The zero-order chi connectivity index (χ0) is 14.7. The monoisotopic (exact) mass is 285 g/mol. The fourth-order valence-corrected chi connectivity index (χ4v) is 3.26. The van der Waals surface area contributed by atoms with E-state index in [1.165, 1.54) is 0 Å². The zero-order valence-corrected chi connectivity index (χ0v) is 11.6. The third-order valence-corrected chi connectivity index (χ3v) is 4.25. The van der Waals surface area contributed by atoms with Crippen LogP contribution in [0.2, 0.25) is 0 Å². The second-order valence-corrected chi connectivity index (χ2v) is 5.47. The second kappa shape index (κ2) is 3.98. The number of nitrogens with one attached hydrogen (secondary N) is 1. The van der Waals surface area contributed by atoms with E-state index in [9.17, 15) is 4.79 Å². The van der Waals surface area contributed by atoms with E-state index in [1.54, 1.807) is 6.07 Å². The van der Waals surface area contributed by atoms with E-state index in [4.69, 9.17) is 4.42 Å². The summed E-state index contributed by atoms with van der Waals surface area (Å²) in [5, 5.41) is 4.69. The molecule has 0 unspecified atom stereocenters. The van der Waals surface area contributed by atoms with E-state index in [2.05, 4.69) is 23.2 Å². The molecule has 0 saturated carbocycles. The summed E-state index contributed by atoms with van der Waals surface area (Å²) in [6.07, 6.45) is 0. The van der Waals surface area contributed by atoms with Crippen LogP contribution in [0, 0.1) is 0 Å². The van der Waals surface area contributed by atoms with Gasteiger partial charge in [-0.3, -0.25) is 0 Å². The quantitative estimate of drug-likeness (QED) is 0.452. The molecule has 0 aliphatic heterocycles. The second-order valence-electron chi connectivity index (χ2n) is 5.47. The third kappa shape index (κ3) is 1.37. The van der Waals surface area contributed by atoms with Crippen molar-refractivity contribution < 1.29 is 4.42 Å². The van der Waals surface area contributed by atoms with Crippen molar-refractivity contribution in [2.45, 2.75) is 0 Å². The van der Waals surface area contributed by atoms with Gasteiger partial charge >= 0.3 is 5.63 Å². The van der Waals surface area contributed by atoms with Crippen molar-refractivity contribution in [1.29, 1.82) is 0 Å². The van der Waals surface area contributed by atoms with Crippen molar-refractivity contribution in [2.75, 3.05) is 0 Å². The van der Waals surface area contributed by atoms with Crippen LogP contribution in [0.25, 0.3) is 43.5 Å². The van der Waals surface area contributed by atoms with Crippen LogP contribution >= 0.6 is 0 Å². The first-order valence-electron chi connectivity index (χ1n) is 7.18. The Morgan fingerprint density at radius 3 is 2.36 bits per heavy atom. The smallest absolute Gasteiger partial charge is 0.344 e. The molecule has 1 N–H and O–H groups in total. The van der Waals surface area contributed by atoms with Crippen molar-refractivity contribution >= 4 is 43.5 Å². The molecule has 2 aromatic heterocycles. The predicted molar refractivity (Wildman–Crippen MR) is 89.4 cm³/mol. The molecular formula is C19H11NO2. The molecule has 0 aliphatic carbocycles. The molecule has 5 aromatic rings. The van der Waals surface area contributed by atoms with Gasteiger partial charge in [-0.1, -0.05) is 48.5 Å². The first kappa shape index (κ1) is 11.6. The molecule has 0 amide bonds. The Balaban J connectivity index is 2.16. The molecule has 2 heterocycles. The number of rotatable bonds is 0. The SMILES string of the molecule is O=c1oc2c([nH]c3ccc4ccccc4c32)c2ccccc12. The van der Waals surface area contributed by atoms with Gasteiger partial charge in [-0.25, -0.2) is 4.79 Å². The van der Waals surface area contributed by atoms with Crippen LogP contribution in [-0.2, 0) is 0 Å². The van der Waals surface area contributed by atoms with E-state index >= 15 is 0 Å². The van der Waals surface area contributed by atoms with Crippen LogP contribution in [-0.4, -0.2) is 4.98 Å². The lowest BCUT2D eigenvalue weighted by atomic mass is 10.1. The van der Waals surface area contributed by atoms with Gasteiger partial charge in [-0.15, -0.1) is 0 Å². The molecule has 22 heavy (non-hydrogen) atoms. The van der Waals surface area contributed by atoms with Crippen LogP contribution in [0.15, 0.2) is 69.9 Å². The molecule has 3 heteroatoms. The number of aromatic amines is 1. The summed E-state index contributed by atoms with van der Waals surface area (Å²) in [6.45, 7) is 0. The highest BCUT2D eigenvalue weighted by molar-refractivity contribution is 6.22. The Hall–Kier alpha value is -3.07. The lowest BCUT2D eigenvalue weighted by Gasteiger charge is -1.99. The Bertz CT molecular complexity index is 1240.